The third kappa shape index (κ3) is 11.1. The first-order valence-electron chi connectivity index (χ1n) is 16.0. The molecule has 0 saturated heterocycles. The summed E-state index contributed by atoms with van der Waals surface area (Å²) in [6.07, 6.45) is 6.46. The first-order chi connectivity index (χ1) is 20.1. The molecule has 0 bridgehead atoms. The molecule has 42 heavy (non-hydrogen) atoms. The van der Waals surface area contributed by atoms with E-state index in [0.717, 1.165) is 51.4 Å². The summed E-state index contributed by atoms with van der Waals surface area (Å²) in [5.41, 5.74) is -0.910. The fourth-order valence-electron chi connectivity index (χ4n) is 4.54. The second kappa shape index (κ2) is 20.1. The van der Waals surface area contributed by atoms with Gasteiger partial charge in [0, 0.05) is 0 Å². The number of esters is 4. The average molecular weight is 591 g/mol. The van der Waals surface area contributed by atoms with Gasteiger partial charge in [0.2, 0.25) is 0 Å². The molecule has 0 heterocycles. The van der Waals surface area contributed by atoms with E-state index in [4.69, 9.17) is 18.9 Å². The van der Waals surface area contributed by atoms with Crippen molar-refractivity contribution in [2.75, 3.05) is 26.4 Å². The Hall–Kier alpha value is -2.90. The zero-order valence-electron chi connectivity index (χ0n) is 27.2. The van der Waals surface area contributed by atoms with Crippen molar-refractivity contribution in [2.45, 2.75) is 107 Å². The van der Waals surface area contributed by atoms with Gasteiger partial charge in [-0.3, -0.25) is 0 Å². The highest BCUT2D eigenvalue weighted by Crippen LogP contribution is 2.26. The van der Waals surface area contributed by atoms with E-state index in [1.54, 1.807) is 0 Å². The monoisotopic (exact) mass is 590 g/mol. The molecule has 0 radical (unpaired) electrons. The highest BCUT2D eigenvalue weighted by atomic mass is 16.5. The molecule has 0 saturated carbocycles. The molecule has 0 aliphatic rings. The Morgan fingerprint density at radius 1 is 0.429 bits per heavy atom. The van der Waals surface area contributed by atoms with E-state index in [2.05, 4.69) is 0 Å². The van der Waals surface area contributed by atoms with Gasteiger partial charge in [0.15, 0.2) is 0 Å². The van der Waals surface area contributed by atoms with Crippen LogP contribution in [-0.4, -0.2) is 50.3 Å². The Morgan fingerprint density at radius 2 is 0.643 bits per heavy atom. The summed E-state index contributed by atoms with van der Waals surface area (Å²) in [4.78, 5) is 54.1. The maximum Gasteiger partial charge on any atom is 0.339 e. The molecule has 238 valence electrons. The minimum Gasteiger partial charge on any atom is -0.462 e. The summed E-state index contributed by atoms with van der Waals surface area (Å²) in [6, 6.07) is 2.68. The predicted molar refractivity (Wildman–Crippen MR) is 164 cm³/mol. The first-order valence-corrected chi connectivity index (χ1v) is 16.0. The summed E-state index contributed by atoms with van der Waals surface area (Å²) in [5, 5.41) is 0. The van der Waals surface area contributed by atoms with E-state index in [0.29, 0.717) is 0 Å². The molecule has 8 heteroatoms. The van der Waals surface area contributed by atoms with E-state index < -0.39 is 23.9 Å². The van der Waals surface area contributed by atoms with Crippen LogP contribution in [0.2, 0.25) is 0 Å². The van der Waals surface area contributed by atoms with Gasteiger partial charge < -0.3 is 18.9 Å². The summed E-state index contributed by atoms with van der Waals surface area (Å²) in [7, 11) is 0. The first kappa shape index (κ1) is 37.1. The summed E-state index contributed by atoms with van der Waals surface area (Å²) in [5.74, 6) is -2.74. The molecule has 0 unspecified atom stereocenters. The lowest BCUT2D eigenvalue weighted by Gasteiger charge is -2.20. The van der Waals surface area contributed by atoms with Crippen LogP contribution in [0, 0.1) is 23.7 Å². The molecule has 0 aliphatic heterocycles. The number of rotatable bonds is 20. The molecule has 0 amide bonds. The van der Waals surface area contributed by atoms with E-state index in [1.807, 2.05) is 55.4 Å². The molecule has 0 aromatic heterocycles. The Kier molecular flexibility index (Phi) is 17.8. The smallest absolute Gasteiger partial charge is 0.339 e. The SMILES string of the molecule is CCC(CC)COC(=O)c1ccc(C(=O)OCC(CC)CC)c(C(=O)OCC(CC)CC)c1C(=O)OCC(CC)CC. The van der Waals surface area contributed by atoms with E-state index in [1.165, 1.54) is 12.1 Å². The number of ether oxygens (including phenoxy) is 4. The molecular formula is C34H54O8. The third-order valence-electron chi connectivity index (χ3n) is 8.47. The second-order valence-electron chi connectivity index (χ2n) is 11.0. The van der Waals surface area contributed by atoms with Crippen LogP contribution in [0.3, 0.4) is 0 Å². The van der Waals surface area contributed by atoms with Crippen molar-refractivity contribution < 1.29 is 38.1 Å². The van der Waals surface area contributed by atoms with Crippen LogP contribution < -0.4 is 0 Å². The van der Waals surface area contributed by atoms with Gasteiger partial charge in [-0.15, -0.1) is 0 Å². The van der Waals surface area contributed by atoms with Crippen LogP contribution in [0.15, 0.2) is 12.1 Å². The normalized spacial score (nSPS) is 11.3. The largest absolute Gasteiger partial charge is 0.462 e. The number of hydrogen-bond donors (Lipinski definition) is 0. The van der Waals surface area contributed by atoms with Crippen LogP contribution in [0.1, 0.15) is 148 Å². The summed E-state index contributed by atoms with van der Waals surface area (Å²) >= 11 is 0. The Labute approximate surface area is 253 Å². The molecule has 1 aromatic rings. The average Bonchev–Trinajstić information content (AvgIpc) is 3.01. The quantitative estimate of drug-likeness (QED) is 0.111. The van der Waals surface area contributed by atoms with Gasteiger partial charge in [-0.2, -0.15) is 0 Å². The van der Waals surface area contributed by atoms with Gasteiger partial charge in [-0.1, -0.05) is 107 Å². The lowest BCUT2D eigenvalue weighted by Crippen LogP contribution is -2.26. The molecule has 0 spiro atoms. The maximum atomic E-state index is 13.7. The molecule has 0 aliphatic carbocycles. The molecule has 1 rings (SSSR count). The van der Waals surface area contributed by atoms with Gasteiger partial charge in [-0.25, -0.2) is 19.2 Å². The van der Waals surface area contributed by atoms with E-state index in [9.17, 15) is 19.2 Å². The molecular weight excluding hydrogens is 536 g/mol. The molecule has 1 aromatic carbocycles. The zero-order chi connectivity index (χ0) is 31.7. The minimum atomic E-state index is -0.875. The van der Waals surface area contributed by atoms with Crippen molar-refractivity contribution in [3.8, 4) is 0 Å². The van der Waals surface area contributed by atoms with Gasteiger partial charge in [0.1, 0.15) is 0 Å². The van der Waals surface area contributed by atoms with Gasteiger partial charge in [-0.05, 0) is 35.8 Å². The molecule has 0 atom stereocenters. The fraction of sp³-hybridized carbons (Fsp3) is 0.706. The van der Waals surface area contributed by atoms with E-state index in [-0.39, 0.29) is 72.4 Å². The fourth-order valence-corrected chi connectivity index (χ4v) is 4.54. The third-order valence-corrected chi connectivity index (χ3v) is 8.47. The van der Waals surface area contributed by atoms with Crippen molar-refractivity contribution in [1.82, 2.24) is 0 Å². The number of hydrogen-bond acceptors (Lipinski definition) is 8. The number of carbonyl (C=O) groups is 4. The van der Waals surface area contributed by atoms with Gasteiger partial charge >= 0.3 is 23.9 Å². The Morgan fingerprint density at radius 3 is 0.857 bits per heavy atom. The topological polar surface area (TPSA) is 105 Å². The minimum absolute atomic E-state index is 0.109. The summed E-state index contributed by atoms with van der Waals surface area (Å²) in [6.45, 7) is 16.6. The van der Waals surface area contributed by atoms with Crippen LogP contribution in [0.4, 0.5) is 0 Å². The van der Waals surface area contributed by atoms with Crippen LogP contribution in [-0.2, 0) is 18.9 Å². The van der Waals surface area contributed by atoms with Gasteiger partial charge in [0.25, 0.3) is 0 Å². The number of benzene rings is 1. The Balaban J connectivity index is 3.72. The lowest BCUT2D eigenvalue weighted by molar-refractivity contribution is 0.0351. The molecule has 0 fully saturated rings. The summed E-state index contributed by atoms with van der Waals surface area (Å²) < 4.78 is 22.5. The Bertz CT molecular complexity index is 907. The van der Waals surface area contributed by atoms with Crippen LogP contribution in [0.5, 0.6) is 0 Å². The van der Waals surface area contributed by atoms with Crippen LogP contribution >= 0.6 is 0 Å². The second-order valence-corrected chi connectivity index (χ2v) is 11.0. The standard InChI is InChI=1S/C34H54O8/c1-9-23(10-2)19-39-31(35)27-17-18-28(32(36)40-20-24(11-3)12-4)30(34(38)42-22-26(15-7)16-8)29(27)33(37)41-21-25(13-5)14-6/h17-18,23-26H,9-16,19-22H2,1-8H3. The van der Waals surface area contributed by atoms with Crippen molar-refractivity contribution >= 4 is 23.9 Å². The lowest BCUT2D eigenvalue weighted by atomic mass is 9.95. The zero-order valence-corrected chi connectivity index (χ0v) is 27.2. The van der Waals surface area contributed by atoms with Crippen molar-refractivity contribution in [3.05, 3.63) is 34.4 Å². The predicted octanol–water partition coefficient (Wildman–Crippen LogP) is 8.06. The highest BCUT2D eigenvalue weighted by molar-refractivity contribution is 6.15. The van der Waals surface area contributed by atoms with Crippen molar-refractivity contribution in [1.29, 1.82) is 0 Å². The number of carbonyl (C=O) groups excluding carboxylic acids is 4. The maximum absolute atomic E-state index is 13.7. The van der Waals surface area contributed by atoms with Crippen LogP contribution in [0.25, 0.3) is 0 Å². The van der Waals surface area contributed by atoms with Gasteiger partial charge in [0.05, 0.1) is 48.7 Å². The van der Waals surface area contributed by atoms with E-state index >= 15 is 0 Å². The van der Waals surface area contributed by atoms with Crippen molar-refractivity contribution in [3.63, 3.8) is 0 Å². The molecule has 0 N–H and O–H groups in total. The molecule has 8 nitrogen and oxygen atoms in total. The van der Waals surface area contributed by atoms with Crippen molar-refractivity contribution in [2.24, 2.45) is 23.7 Å². The highest BCUT2D eigenvalue weighted by Gasteiger charge is 2.33.